The fourth-order valence-electron chi connectivity index (χ4n) is 1.71. The Kier molecular flexibility index (Phi) is 4.65. The number of amides is 1. The minimum absolute atomic E-state index is 0. The molecule has 1 N–H and O–H groups in total. The van der Waals surface area contributed by atoms with Crippen LogP contribution in [0.15, 0.2) is 0 Å². The molecule has 1 aliphatic heterocycles. The minimum atomic E-state index is -0.0926. The number of hydrogen-bond acceptors (Lipinski definition) is 3. The highest BCUT2D eigenvalue weighted by Gasteiger charge is 2.27. The Morgan fingerprint density at radius 3 is 2.93 bits per heavy atom. The van der Waals surface area contributed by atoms with E-state index in [1.165, 1.54) is 19.4 Å². The second-order valence-corrected chi connectivity index (χ2v) is 3.85. The smallest absolute Gasteiger partial charge is 0.209 e. The van der Waals surface area contributed by atoms with Crippen LogP contribution in [0.4, 0.5) is 0 Å². The first-order valence-corrected chi connectivity index (χ1v) is 4.92. The molecule has 1 atom stereocenters. The van der Waals surface area contributed by atoms with Crippen LogP contribution in [0.5, 0.6) is 0 Å². The van der Waals surface area contributed by atoms with Gasteiger partial charge < -0.3 is 10.1 Å². The molecular formula is C9H17ClN2O2. The van der Waals surface area contributed by atoms with Crippen molar-refractivity contribution in [2.75, 3.05) is 26.2 Å². The quantitative estimate of drug-likeness (QED) is 0.690. The molecule has 1 amide bonds. The summed E-state index contributed by atoms with van der Waals surface area (Å²) in [6.45, 7) is 3.77. The third kappa shape index (κ3) is 3.44. The second kappa shape index (κ2) is 5.53. The van der Waals surface area contributed by atoms with E-state index in [1.807, 2.05) is 0 Å². The van der Waals surface area contributed by atoms with Gasteiger partial charge in [0.1, 0.15) is 6.23 Å². The van der Waals surface area contributed by atoms with Crippen LogP contribution in [0.3, 0.4) is 0 Å². The fraction of sp³-hybridized carbons (Fsp3) is 0.889. The topological polar surface area (TPSA) is 41.6 Å². The maximum atomic E-state index is 10.2. The summed E-state index contributed by atoms with van der Waals surface area (Å²) >= 11 is 0. The van der Waals surface area contributed by atoms with Gasteiger partial charge in [-0.2, -0.15) is 0 Å². The third-order valence-electron chi connectivity index (χ3n) is 2.62. The predicted octanol–water partition coefficient (Wildman–Crippen LogP) is 0.222. The van der Waals surface area contributed by atoms with Crippen molar-refractivity contribution in [1.82, 2.24) is 10.2 Å². The number of carbonyl (C=O) groups is 1. The monoisotopic (exact) mass is 220 g/mol. The lowest BCUT2D eigenvalue weighted by atomic mass is 10.3. The van der Waals surface area contributed by atoms with Gasteiger partial charge in [-0.05, 0) is 18.8 Å². The number of ether oxygens (including phenoxy) is 1. The first-order chi connectivity index (χ1) is 6.38. The molecule has 0 aromatic carbocycles. The molecule has 0 unspecified atom stereocenters. The Bertz CT molecular complexity index is 188. The second-order valence-electron chi connectivity index (χ2n) is 3.85. The van der Waals surface area contributed by atoms with Gasteiger partial charge in [-0.1, -0.05) is 0 Å². The third-order valence-corrected chi connectivity index (χ3v) is 2.62. The molecule has 14 heavy (non-hydrogen) atoms. The zero-order valence-electron chi connectivity index (χ0n) is 8.15. The van der Waals surface area contributed by atoms with Gasteiger partial charge in [0, 0.05) is 19.6 Å². The van der Waals surface area contributed by atoms with Crippen molar-refractivity contribution in [2.45, 2.75) is 19.1 Å². The van der Waals surface area contributed by atoms with E-state index in [9.17, 15) is 4.79 Å². The summed E-state index contributed by atoms with van der Waals surface area (Å²) in [4.78, 5) is 12.6. The zero-order valence-corrected chi connectivity index (χ0v) is 8.96. The summed E-state index contributed by atoms with van der Waals surface area (Å²) in [5.41, 5.74) is 0. The molecule has 0 aromatic rings. The fourth-order valence-corrected chi connectivity index (χ4v) is 1.71. The molecule has 0 aromatic heterocycles. The first-order valence-electron chi connectivity index (χ1n) is 4.92. The number of nitrogens with one attached hydrogen (secondary N) is 1. The normalized spacial score (nSPS) is 27.9. The average molecular weight is 221 g/mol. The maximum absolute atomic E-state index is 10.2. The van der Waals surface area contributed by atoms with E-state index in [0.29, 0.717) is 6.41 Å². The Balaban J connectivity index is 0.000000980. The SMILES string of the molecule is Cl.O=CN[C@@H]1CN(CC2CC2)CCO1. The molecule has 2 aliphatic rings. The number of halogens is 1. The Morgan fingerprint density at radius 1 is 1.50 bits per heavy atom. The van der Waals surface area contributed by atoms with Crippen LogP contribution in [-0.2, 0) is 9.53 Å². The molecule has 4 nitrogen and oxygen atoms in total. The van der Waals surface area contributed by atoms with E-state index < -0.39 is 0 Å². The van der Waals surface area contributed by atoms with Crippen LogP contribution >= 0.6 is 12.4 Å². The Hall–Kier alpha value is -0.320. The van der Waals surface area contributed by atoms with Crippen LogP contribution in [0.2, 0.25) is 0 Å². The van der Waals surface area contributed by atoms with Crippen molar-refractivity contribution >= 4 is 18.8 Å². The largest absolute Gasteiger partial charge is 0.356 e. The van der Waals surface area contributed by atoms with Gasteiger partial charge in [-0.25, -0.2) is 0 Å². The van der Waals surface area contributed by atoms with E-state index in [2.05, 4.69) is 10.2 Å². The summed E-state index contributed by atoms with van der Waals surface area (Å²) in [5, 5.41) is 2.66. The van der Waals surface area contributed by atoms with Crippen LogP contribution in [-0.4, -0.2) is 43.8 Å². The van der Waals surface area contributed by atoms with Crippen molar-refractivity contribution < 1.29 is 9.53 Å². The first kappa shape index (κ1) is 11.8. The van der Waals surface area contributed by atoms with Gasteiger partial charge in [0.15, 0.2) is 0 Å². The van der Waals surface area contributed by atoms with E-state index in [0.717, 1.165) is 25.6 Å². The highest BCUT2D eigenvalue weighted by atomic mass is 35.5. The number of hydrogen-bond donors (Lipinski definition) is 1. The van der Waals surface area contributed by atoms with Gasteiger partial charge in [0.05, 0.1) is 6.61 Å². The van der Waals surface area contributed by atoms with Crippen molar-refractivity contribution in [3.05, 3.63) is 0 Å². The van der Waals surface area contributed by atoms with E-state index in [1.54, 1.807) is 0 Å². The van der Waals surface area contributed by atoms with Crippen molar-refractivity contribution in [3.8, 4) is 0 Å². The zero-order chi connectivity index (χ0) is 9.10. The molecule has 2 fully saturated rings. The lowest BCUT2D eigenvalue weighted by Gasteiger charge is -2.32. The minimum Gasteiger partial charge on any atom is -0.356 e. The van der Waals surface area contributed by atoms with Crippen LogP contribution in [0.25, 0.3) is 0 Å². The molecule has 5 heteroatoms. The lowest BCUT2D eigenvalue weighted by Crippen LogP contribution is -2.49. The van der Waals surface area contributed by atoms with E-state index in [4.69, 9.17) is 4.74 Å². The summed E-state index contributed by atoms with van der Waals surface area (Å²) < 4.78 is 5.37. The van der Waals surface area contributed by atoms with Crippen molar-refractivity contribution in [3.63, 3.8) is 0 Å². The molecule has 82 valence electrons. The van der Waals surface area contributed by atoms with Crippen LogP contribution in [0.1, 0.15) is 12.8 Å². The van der Waals surface area contributed by atoms with Gasteiger partial charge in [0.2, 0.25) is 6.41 Å². The molecule has 1 saturated heterocycles. The lowest BCUT2D eigenvalue weighted by molar-refractivity contribution is -0.116. The summed E-state index contributed by atoms with van der Waals surface area (Å²) in [7, 11) is 0. The van der Waals surface area contributed by atoms with Crippen LogP contribution < -0.4 is 5.32 Å². The molecule has 0 radical (unpaired) electrons. The van der Waals surface area contributed by atoms with E-state index >= 15 is 0 Å². The number of carbonyl (C=O) groups excluding carboxylic acids is 1. The summed E-state index contributed by atoms with van der Waals surface area (Å²) in [6, 6.07) is 0. The van der Waals surface area contributed by atoms with Crippen molar-refractivity contribution in [1.29, 1.82) is 0 Å². The number of morpholine rings is 1. The summed E-state index contributed by atoms with van der Waals surface area (Å²) in [5.74, 6) is 0.912. The standard InChI is InChI=1S/C9H16N2O2.ClH/c12-7-10-9-6-11(3-4-13-9)5-8-1-2-8;/h7-9H,1-6H2,(H,10,12);1H/t9-;/m0./s1. The van der Waals surface area contributed by atoms with Gasteiger partial charge in [0.25, 0.3) is 0 Å². The van der Waals surface area contributed by atoms with Crippen LogP contribution in [0, 0.1) is 5.92 Å². The van der Waals surface area contributed by atoms with Crippen molar-refractivity contribution in [2.24, 2.45) is 5.92 Å². The Morgan fingerprint density at radius 2 is 2.29 bits per heavy atom. The molecule has 1 saturated carbocycles. The van der Waals surface area contributed by atoms with E-state index in [-0.39, 0.29) is 18.6 Å². The molecule has 1 heterocycles. The number of rotatable bonds is 4. The highest BCUT2D eigenvalue weighted by Crippen LogP contribution is 2.29. The molecule has 1 aliphatic carbocycles. The highest BCUT2D eigenvalue weighted by molar-refractivity contribution is 5.85. The van der Waals surface area contributed by atoms with Gasteiger partial charge in [-0.3, -0.25) is 9.69 Å². The maximum Gasteiger partial charge on any atom is 0.209 e. The molecule has 0 bridgehead atoms. The molecule has 2 rings (SSSR count). The molecular weight excluding hydrogens is 204 g/mol. The summed E-state index contributed by atoms with van der Waals surface area (Å²) in [6.07, 6.45) is 3.38. The molecule has 0 spiro atoms. The van der Waals surface area contributed by atoms with Gasteiger partial charge in [-0.15, -0.1) is 12.4 Å². The van der Waals surface area contributed by atoms with Gasteiger partial charge >= 0.3 is 0 Å². The predicted molar refractivity (Wildman–Crippen MR) is 55.4 cm³/mol. The Labute approximate surface area is 90.4 Å². The average Bonchev–Trinajstić information content (AvgIpc) is 2.90. The number of nitrogens with zero attached hydrogens (tertiary/aromatic N) is 1.